The molecule has 1 unspecified atom stereocenters. The normalized spacial score (nSPS) is 14.4. The van der Waals surface area contributed by atoms with Crippen molar-refractivity contribution >= 4 is 23.2 Å². The number of amides is 2. The Hall–Kier alpha value is -3.02. The lowest BCUT2D eigenvalue weighted by molar-refractivity contribution is -0.126. The van der Waals surface area contributed by atoms with Gasteiger partial charge in [0.15, 0.2) is 0 Å². The van der Waals surface area contributed by atoms with Crippen molar-refractivity contribution in [3.63, 3.8) is 0 Å². The number of carbonyl (C=O) groups excluding carboxylic acids is 2. The minimum atomic E-state index is -0.612. The fraction of sp³-hybridized carbons (Fsp3) is 0.417. The van der Waals surface area contributed by atoms with Gasteiger partial charge in [0, 0.05) is 30.0 Å². The number of nitrogens with zero attached hydrogens (tertiary/aromatic N) is 1. The number of benzene rings is 2. The number of unbranched alkanes of at least 4 members (excludes halogenated alkanes) is 1. The van der Waals surface area contributed by atoms with Crippen molar-refractivity contribution in [3.8, 4) is 5.75 Å². The van der Waals surface area contributed by atoms with Crippen molar-refractivity contribution in [1.82, 2.24) is 5.32 Å². The third-order valence-electron chi connectivity index (χ3n) is 5.43. The summed E-state index contributed by atoms with van der Waals surface area (Å²) < 4.78 is 0. The number of para-hydroxylation sites is 1. The van der Waals surface area contributed by atoms with Gasteiger partial charge in [-0.1, -0.05) is 44.0 Å². The fourth-order valence-corrected chi connectivity index (χ4v) is 3.74. The van der Waals surface area contributed by atoms with Crippen LogP contribution in [0.1, 0.15) is 44.6 Å². The molecule has 6 heteroatoms. The van der Waals surface area contributed by atoms with Gasteiger partial charge in [0.05, 0.1) is 6.42 Å². The minimum absolute atomic E-state index is 0.0347. The first-order valence-electron chi connectivity index (χ1n) is 10.8. The van der Waals surface area contributed by atoms with Gasteiger partial charge < -0.3 is 20.6 Å². The predicted molar refractivity (Wildman–Crippen MR) is 120 cm³/mol. The Balaban J connectivity index is 1.64. The third-order valence-corrected chi connectivity index (χ3v) is 5.43. The molecule has 0 bridgehead atoms. The zero-order chi connectivity index (χ0) is 21.3. The van der Waals surface area contributed by atoms with Crippen LogP contribution in [0.5, 0.6) is 5.75 Å². The van der Waals surface area contributed by atoms with Crippen LogP contribution in [0.15, 0.2) is 48.5 Å². The number of nitrogens with one attached hydrogen (secondary N) is 2. The number of hydrogen-bond acceptors (Lipinski definition) is 4. The molecule has 1 heterocycles. The van der Waals surface area contributed by atoms with Crippen molar-refractivity contribution < 1.29 is 14.7 Å². The second-order valence-corrected chi connectivity index (χ2v) is 7.80. The molecule has 160 valence electrons. The maximum atomic E-state index is 12.9. The molecule has 0 saturated carbocycles. The van der Waals surface area contributed by atoms with Crippen LogP contribution in [0.2, 0.25) is 0 Å². The largest absolute Gasteiger partial charge is 0.508 e. The molecule has 3 N–H and O–H groups in total. The Labute approximate surface area is 178 Å². The molecule has 0 aromatic heterocycles. The van der Waals surface area contributed by atoms with Gasteiger partial charge in [0.2, 0.25) is 11.8 Å². The first kappa shape index (κ1) is 21.7. The van der Waals surface area contributed by atoms with Crippen molar-refractivity contribution in [3.05, 3.63) is 54.1 Å². The van der Waals surface area contributed by atoms with E-state index in [-0.39, 0.29) is 24.0 Å². The molecule has 2 aromatic carbocycles. The van der Waals surface area contributed by atoms with Crippen LogP contribution in [0.4, 0.5) is 11.4 Å². The van der Waals surface area contributed by atoms with Crippen molar-refractivity contribution in [2.24, 2.45) is 0 Å². The molecular weight excluding hydrogens is 378 g/mol. The highest BCUT2D eigenvalue weighted by atomic mass is 16.3. The SMILES string of the molecule is CCCCC(NC(=O)Cc1ccccc1O)C(=O)Nc1cccc(N2CCCC2)c1. The Bertz CT molecular complexity index is 862. The molecule has 0 aliphatic carbocycles. The molecular formula is C24H31N3O3. The van der Waals surface area contributed by atoms with E-state index in [1.54, 1.807) is 24.3 Å². The second kappa shape index (κ2) is 10.7. The number of hydrogen-bond donors (Lipinski definition) is 3. The molecule has 30 heavy (non-hydrogen) atoms. The molecule has 2 amide bonds. The summed E-state index contributed by atoms with van der Waals surface area (Å²) in [6.45, 7) is 4.14. The van der Waals surface area contributed by atoms with Gasteiger partial charge in [-0.2, -0.15) is 0 Å². The molecule has 1 aliphatic heterocycles. The van der Waals surface area contributed by atoms with E-state index in [2.05, 4.69) is 28.5 Å². The first-order chi connectivity index (χ1) is 14.6. The van der Waals surface area contributed by atoms with Crippen LogP contribution >= 0.6 is 0 Å². The van der Waals surface area contributed by atoms with Crippen LogP contribution in [0.25, 0.3) is 0 Å². The molecule has 3 rings (SSSR count). The number of phenolic OH excluding ortho intramolecular Hbond substituents is 1. The molecule has 6 nitrogen and oxygen atoms in total. The average molecular weight is 410 g/mol. The molecule has 1 fully saturated rings. The summed E-state index contributed by atoms with van der Waals surface area (Å²) in [6, 6.07) is 14.0. The van der Waals surface area contributed by atoms with Crippen molar-refractivity contribution in [2.45, 2.75) is 51.5 Å². The summed E-state index contributed by atoms with van der Waals surface area (Å²) in [7, 11) is 0. The number of carbonyl (C=O) groups is 2. The van der Waals surface area contributed by atoms with Crippen LogP contribution in [0.3, 0.4) is 0 Å². The van der Waals surface area contributed by atoms with Crippen LogP contribution in [-0.4, -0.2) is 36.1 Å². The van der Waals surface area contributed by atoms with E-state index in [1.807, 2.05) is 18.2 Å². The highest BCUT2D eigenvalue weighted by Gasteiger charge is 2.21. The van der Waals surface area contributed by atoms with E-state index in [1.165, 1.54) is 12.8 Å². The van der Waals surface area contributed by atoms with Gasteiger partial charge >= 0.3 is 0 Å². The van der Waals surface area contributed by atoms with E-state index >= 15 is 0 Å². The van der Waals surface area contributed by atoms with Crippen LogP contribution in [-0.2, 0) is 16.0 Å². The molecule has 1 atom stereocenters. The van der Waals surface area contributed by atoms with Gasteiger partial charge in [-0.25, -0.2) is 0 Å². The molecule has 0 radical (unpaired) electrons. The lowest BCUT2D eigenvalue weighted by Gasteiger charge is -2.21. The van der Waals surface area contributed by atoms with E-state index in [9.17, 15) is 14.7 Å². The highest BCUT2D eigenvalue weighted by molar-refractivity contribution is 5.97. The minimum Gasteiger partial charge on any atom is -0.508 e. The molecule has 1 saturated heterocycles. The van der Waals surface area contributed by atoms with Crippen molar-refractivity contribution in [1.29, 1.82) is 0 Å². The number of aromatic hydroxyl groups is 1. The Morgan fingerprint density at radius 2 is 1.87 bits per heavy atom. The number of anilines is 2. The standard InChI is InChI=1S/C24H31N3O3/c1-2-3-12-21(26-23(29)16-18-9-4-5-13-22(18)28)24(30)25-19-10-8-11-20(17-19)27-14-6-7-15-27/h4-5,8-11,13,17,21,28H,2-3,6-7,12,14-16H2,1H3,(H,25,30)(H,26,29). The lowest BCUT2D eigenvalue weighted by Crippen LogP contribution is -2.44. The number of phenols is 1. The fourth-order valence-electron chi connectivity index (χ4n) is 3.74. The maximum Gasteiger partial charge on any atom is 0.246 e. The van der Waals surface area contributed by atoms with E-state index in [0.29, 0.717) is 12.0 Å². The lowest BCUT2D eigenvalue weighted by atomic mass is 10.1. The zero-order valence-electron chi connectivity index (χ0n) is 17.6. The number of rotatable bonds is 9. The van der Waals surface area contributed by atoms with Crippen molar-refractivity contribution in [2.75, 3.05) is 23.3 Å². The summed E-state index contributed by atoms with van der Waals surface area (Å²) >= 11 is 0. The quantitative estimate of drug-likeness (QED) is 0.588. The van der Waals surface area contributed by atoms with Gasteiger partial charge in [0.1, 0.15) is 11.8 Å². The smallest absolute Gasteiger partial charge is 0.246 e. The van der Waals surface area contributed by atoms with Gasteiger partial charge in [0.25, 0.3) is 0 Å². The van der Waals surface area contributed by atoms with Crippen LogP contribution < -0.4 is 15.5 Å². The second-order valence-electron chi connectivity index (χ2n) is 7.80. The zero-order valence-corrected chi connectivity index (χ0v) is 17.6. The van der Waals surface area contributed by atoms with E-state index in [4.69, 9.17) is 0 Å². The third kappa shape index (κ3) is 5.99. The van der Waals surface area contributed by atoms with Gasteiger partial charge in [-0.15, -0.1) is 0 Å². The summed E-state index contributed by atoms with van der Waals surface area (Å²) in [4.78, 5) is 27.7. The topological polar surface area (TPSA) is 81.7 Å². The Morgan fingerprint density at radius 1 is 1.10 bits per heavy atom. The van der Waals surface area contributed by atoms with Gasteiger partial charge in [-0.3, -0.25) is 9.59 Å². The van der Waals surface area contributed by atoms with Crippen LogP contribution in [0, 0.1) is 0 Å². The molecule has 1 aliphatic rings. The van der Waals surface area contributed by atoms with E-state index in [0.717, 1.165) is 37.3 Å². The van der Waals surface area contributed by atoms with E-state index < -0.39 is 6.04 Å². The monoisotopic (exact) mass is 409 g/mol. The molecule has 0 spiro atoms. The predicted octanol–water partition coefficient (Wildman–Crippen LogP) is 3.85. The average Bonchev–Trinajstić information content (AvgIpc) is 3.28. The Morgan fingerprint density at radius 3 is 2.60 bits per heavy atom. The highest BCUT2D eigenvalue weighted by Crippen LogP contribution is 2.23. The first-order valence-corrected chi connectivity index (χ1v) is 10.8. The molecule has 2 aromatic rings. The Kier molecular flexibility index (Phi) is 7.71. The summed E-state index contributed by atoms with van der Waals surface area (Å²) in [5.41, 5.74) is 2.39. The summed E-state index contributed by atoms with van der Waals surface area (Å²) in [5.74, 6) is -0.410. The maximum absolute atomic E-state index is 12.9. The van der Waals surface area contributed by atoms with Gasteiger partial charge in [-0.05, 0) is 43.5 Å². The summed E-state index contributed by atoms with van der Waals surface area (Å²) in [6.07, 6.45) is 4.76. The summed E-state index contributed by atoms with van der Waals surface area (Å²) in [5, 5.41) is 15.7.